The monoisotopic (exact) mass is 293 g/mol. The van der Waals surface area contributed by atoms with Gasteiger partial charge in [-0.15, -0.1) is 0 Å². The highest BCUT2D eigenvalue weighted by Gasteiger charge is 2.22. The van der Waals surface area contributed by atoms with Gasteiger partial charge in [0.15, 0.2) is 0 Å². The molecule has 0 saturated heterocycles. The first-order chi connectivity index (χ1) is 10.0. The van der Waals surface area contributed by atoms with Crippen molar-refractivity contribution >= 4 is 0 Å². The summed E-state index contributed by atoms with van der Waals surface area (Å²) in [6.07, 6.45) is 4.93. The van der Waals surface area contributed by atoms with Gasteiger partial charge in [-0.1, -0.05) is 13.8 Å². The second-order valence-electron chi connectivity index (χ2n) is 6.42. The number of nitrogens with one attached hydrogen (secondary N) is 1. The molecule has 1 atom stereocenters. The van der Waals surface area contributed by atoms with Gasteiger partial charge in [0, 0.05) is 11.6 Å². The molecule has 1 N–H and O–H groups in total. The summed E-state index contributed by atoms with van der Waals surface area (Å²) in [6.45, 7) is 9.08. The molecule has 1 saturated carbocycles. The van der Waals surface area contributed by atoms with Gasteiger partial charge in [-0.2, -0.15) is 0 Å². The average molecular weight is 293 g/mol. The molecule has 3 heteroatoms. The lowest BCUT2D eigenvalue weighted by Crippen LogP contribution is -2.25. The Morgan fingerprint density at radius 3 is 2.57 bits per heavy atom. The van der Waals surface area contributed by atoms with Crippen molar-refractivity contribution in [2.75, 3.05) is 6.54 Å². The lowest BCUT2D eigenvalue weighted by molar-refractivity contribution is 0.133. The van der Waals surface area contributed by atoms with Crippen LogP contribution in [0.2, 0.25) is 0 Å². The van der Waals surface area contributed by atoms with Crippen molar-refractivity contribution in [1.29, 1.82) is 0 Å². The van der Waals surface area contributed by atoms with E-state index in [0.717, 1.165) is 36.6 Å². The average Bonchev–Trinajstić information content (AvgIpc) is 2.45. The van der Waals surface area contributed by atoms with Gasteiger partial charge in [0.1, 0.15) is 11.6 Å². The van der Waals surface area contributed by atoms with Crippen LogP contribution in [0.25, 0.3) is 0 Å². The Balaban J connectivity index is 2.18. The third-order valence-corrected chi connectivity index (χ3v) is 4.52. The molecule has 21 heavy (non-hydrogen) atoms. The predicted molar refractivity (Wildman–Crippen MR) is 85.3 cm³/mol. The van der Waals surface area contributed by atoms with Crippen LogP contribution in [0.4, 0.5) is 4.39 Å². The van der Waals surface area contributed by atoms with Crippen LogP contribution in [0.15, 0.2) is 12.1 Å². The van der Waals surface area contributed by atoms with Crippen LogP contribution in [0.5, 0.6) is 5.75 Å². The third-order valence-electron chi connectivity index (χ3n) is 4.52. The fourth-order valence-corrected chi connectivity index (χ4v) is 3.05. The molecule has 0 aromatic heterocycles. The van der Waals surface area contributed by atoms with Crippen LogP contribution in [-0.2, 0) is 0 Å². The van der Waals surface area contributed by atoms with Crippen LogP contribution in [-0.4, -0.2) is 12.6 Å². The van der Waals surface area contributed by atoms with Gasteiger partial charge in [-0.05, 0) is 69.7 Å². The fourth-order valence-electron chi connectivity index (χ4n) is 3.05. The molecule has 1 aromatic carbocycles. The zero-order chi connectivity index (χ0) is 15.4. The van der Waals surface area contributed by atoms with Crippen molar-refractivity contribution in [1.82, 2.24) is 5.32 Å². The summed E-state index contributed by atoms with van der Waals surface area (Å²) >= 11 is 0. The molecule has 2 rings (SSSR count). The van der Waals surface area contributed by atoms with E-state index in [-0.39, 0.29) is 18.0 Å². The van der Waals surface area contributed by atoms with E-state index >= 15 is 0 Å². The summed E-state index contributed by atoms with van der Waals surface area (Å²) < 4.78 is 20.1. The van der Waals surface area contributed by atoms with Crippen LogP contribution < -0.4 is 10.1 Å². The number of hydrogen-bond donors (Lipinski definition) is 1. The number of benzene rings is 1. The minimum Gasteiger partial charge on any atom is -0.490 e. The van der Waals surface area contributed by atoms with E-state index in [1.165, 1.54) is 12.8 Å². The van der Waals surface area contributed by atoms with Crippen molar-refractivity contribution in [3.63, 3.8) is 0 Å². The highest BCUT2D eigenvalue weighted by atomic mass is 19.1. The maximum atomic E-state index is 13.9. The number of halogens is 1. The van der Waals surface area contributed by atoms with Crippen molar-refractivity contribution in [3.05, 3.63) is 29.1 Å². The molecular formula is C18H28FNO. The molecule has 0 radical (unpaired) electrons. The summed E-state index contributed by atoms with van der Waals surface area (Å²) in [4.78, 5) is 0. The minimum atomic E-state index is -0.153. The molecule has 2 nitrogen and oxygen atoms in total. The molecular weight excluding hydrogens is 265 g/mol. The van der Waals surface area contributed by atoms with Crippen LogP contribution in [0, 0.1) is 18.7 Å². The molecule has 0 spiro atoms. The van der Waals surface area contributed by atoms with E-state index in [9.17, 15) is 4.39 Å². The normalized spacial score (nSPS) is 23.9. The lowest BCUT2D eigenvalue weighted by atomic mass is 9.89. The Hall–Kier alpha value is -1.09. The van der Waals surface area contributed by atoms with E-state index in [1.807, 2.05) is 6.07 Å². The summed E-state index contributed by atoms with van der Waals surface area (Å²) in [7, 11) is 0. The standard InChI is InChI=1S/C18H28FNO/c1-5-20-14(4)16-11-17(19)13(3)10-18(16)21-15-8-6-12(2)7-9-15/h10-12,14-15,20H,5-9H2,1-4H3. The highest BCUT2D eigenvalue weighted by molar-refractivity contribution is 5.40. The Kier molecular flexibility index (Phi) is 5.63. The van der Waals surface area contributed by atoms with E-state index in [0.29, 0.717) is 5.56 Å². The molecule has 118 valence electrons. The molecule has 1 aromatic rings. The molecule has 0 aliphatic heterocycles. The van der Waals surface area contributed by atoms with E-state index < -0.39 is 0 Å². The van der Waals surface area contributed by atoms with Gasteiger partial charge in [0.2, 0.25) is 0 Å². The number of aryl methyl sites for hydroxylation is 1. The van der Waals surface area contributed by atoms with E-state index in [4.69, 9.17) is 4.74 Å². The quantitative estimate of drug-likeness (QED) is 0.845. The van der Waals surface area contributed by atoms with Gasteiger partial charge in [0.25, 0.3) is 0 Å². The SMILES string of the molecule is CCNC(C)c1cc(F)c(C)cc1OC1CCC(C)CC1. The maximum absolute atomic E-state index is 13.9. The van der Waals surface area contributed by atoms with Crippen molar-refractivity contribution in [2.24, 2.45) is 5.92 Å². The molecule has 0 amide bonds. The first-order valence-corrected chi connectivity index (χ1v) is 8.21. The lowest BCUT2D eigenvalue weighted by Gasteiger charge is -2.29. The van der Waals surface area contributed by atoms with Crippen molar-refractivity contribution in [2.45, 2.75) is 65.5 Å². The predicted octanol–water partition coefficient (Wildman–Crippen LogP) is 4.76. The van der Waals surface area contributed by atoms with Gasteiger partial charge < -0.3 is 10.1 Å². The maximum Gasteiger partial charge on any atom is 0.126 e. The van der Waals surface area contributed by atoms with Gasteiger partial charge in [-0.3, -0.25) is 0 Å². The molecule has 1 aliphatic carbocycles. The van der Waals surface area contributed by atoms with E-state index in [1.54, 1.807) is 13.0 Å². The second kappa shape index (κ2) is 7.26. The second-order valence-corrected chi connectivity index (χ2v) is 6.42. The van der Waals surface area contributed by atoms with Crippen LogP contribution >= 0.6 is 0 Å². The van der Waals surface area contributed by atoms with Gasteiger partial charge in [0.05, 0.1) is 6.10 Å². The third kappa shape index (κ3) is 4.19. The number of ether oxygens (including phenoxy) is 1. The first-order valence-electron chi connectivity index (χ1n) is 8.21. The number of hydrogen-bond acceptors (Lipinski definition) is 2. The molecule has 1 unspecified atom stereocenters. The van der Waals surface area contributed by atoms with E-state index in [2.05, 4.69) is 26.1 Å². The highest BCUT2D eigenvalue weighted by Crippen LogP contribution is 2.32. The zero-order valence-corrected chi connectivity index (χ0v) is 13.7. The summed E-state index contributed by atoms with van der Waals surface area (Å²) in [5, 5.41) is 3.35. The smallest absolute Gasteiger partial charge is 0.126 e. The van der Waals surface area contributed by atoms with Gasteiger partial charge >= 0.3 is 0 Å². The summed E-state index contributed by atoms with van der Waals surface area (Å²) in [5.74, 6) is 1.50. The zero-order valence-electron chi connectivity index (χ0n) is 13.7. The Labute approximate surface area is 128 Å². The van der Waals surface area contributed by atoms with Crippen LogP contribution in [0.3, 0.4) is 0 Å². The van der Waals surface area contributed by atoms with Crippen LogP contribution in [0.1, 0.15) is 63.6 Å². The first kappa shape index (κ1) is 16.3. The number of rotatable bonds is 5. The Morgan fingerprint density at radius 2 is 1.95 bits per heavy atom. The topological polar surface area (TPSA) is 21.3 Å². The summed E-state index contributed by atoms with van der Waals surface area (Å²) in [5.41, 5.74) is 1.58. The molecule has 0 heterocycles. The summed E-state index contributed by atoms with van der Waals surface area (Å²) in [6, 6.07) is 3.59. The molecule has 0 bridgehead atoms. The van der Waals surface area contributed by atoms with Crippen molar-refractivity contribution < 1.29 is 9.13 Å². The Morgan fingerprint density at radius 1 is 1.29 bits per heavy atom. The molecule has 1 aliphatic rings. The molecule has 1 fully saturated rings. The van der Waals surface area contributed by atoms with Gasteiger partial charge in [-0.25, -0.2) is 4.39 Å². The fraction of sp³-hybridized carbons (Fsp3) is 0.667. The van der Waals surface area contributed by atoms with Crippen molar-refractivity contribution in [3.8, 4) is 5.75 Å². The Bertz CT molecular complexity index is 467. The largest absolute Gasteiger partial charge is 0.490 e. The minimum absolute atomic E-state index is 0.0996.